The molecule has 0 radical (unpaired) electrons. The summed E-state index contributed by atoms with van der Waals surface area (Å²) in [7, 11) is 0. The van der Waals surface area contributed by atoms with E-state index in [1.165, 1.54) is 0 Å². The van der Waals surface area contributed by atoms with Crippen LogP contribution in [0.4, 0.5) is 0 Å². The van der Waals surface area contributed by atoms with Gasteiger partial charge in [0.05, 0.1) is 17.8 Å². The van der Waals surface area contributed by atoms with Crippen LogP contribution in [0.1, 0.15) is 37.9 Å². The van der Waals surface area contributed by atoms with E-state index >= 15 is 0 Å². The summed E-state index contributed by atoms with van der Waals surface area (Å²) in [6, 6.07) is 13.2. The van der Waals surface area contributed by atoms with Crippen LogP contribution >= 0.6 is 0 Å². The second-order valence-electron chi connectivity index (χ2n) is 6.23. The molecule has 0 fully saturated rings. The Morgan fingerprint density at radius 1 is 1.00 bits per heavy atom. The minimum Gasteiger partial charge on any atom is -0.480 e. The van der Waals surface area contributed by atoms with E-state index in [0.717, 1.165) is 16.0 Å². The first-order valence-corrected chi connectivity index (χ1v) is 8.08. The standard InChI is InChI=1S/C19H16N2O4/c22-17-14-7-3-4-8-15(14)18(23)21(17)11-20-10-9-12-5-1-2-6-13(12)16(20)19(24)25/h1-8,16H,9-11H2,(H,24,25). The zero-order chi connectivity index (χ0) is 17.6. The molecule has 126 valence electrons. The molecule has 1 atom stereocenters. The molecule has 2 aromatic carbocycles. The number of amides is 2. The third-order valence-corrected chi connectivity index (χ3v) is 4.82. The summed E-state index contributed by atoms with van der Waals surface area (Å²) in [5, 5.41) is 9.70. The predicted octanol–water partition coefficient (Wildman–Crippen LogP) is 1.92. The summed E-state index contributed by atoms with van der Waals surface area (Å²) in [5.74, 6) is -1.73. The summed E-state index contributed by atoms with van der Waals surface area (Å²) in [4.78, 5) is 39.7. The van der Waals surface area contributed by atoms with Gasteiger partial charge in [-0.15, -0.1) is 0 Å². The molecule has 6 nitrogen and oxygen atoms in total. The molecule has 0 spiro atoms. The van der Waals surface area contributed by atoms with Crippen molar-refractivity contribution in [3.63, 3.8) is 0 Å². The number of rotatable bonds is 3. The predicted molar refractivity (Wildman–Crippen MR) is 89.0 cm³/mol. The van der Waals surface area contributed by atoms with E-state index < -0.39 is 12.0 Å². The van der Waals surface area contributed by atoms with E-state index in [9.17, 15) is 19.5 Å². The minimum absolute atomic E-state index is 0.0301. The van der Waals surface area contributed by atoms with Gasteiger partial charge < -0.3 is 5.11 Å². The summed E-state index contributed by atoms with van der Waals surface area (Å²) in [6.07, 6.45) is 0.684. The molecule has 25 heavy (non-hydrogen) atoms. The lowest BCUT2D eigenvalue weighted by molar-refractivity contribution is -0.144. The molecule has 2 aliphatic rings. The lowest BCUT2D eigenvalue weighted by atomic mass is 9.93. The normalized spacial score (nSPS) is 19.7. The molecule has 2 heterocycles. The van der Waals surface area contributed by atoms with Crippen LogP contribution in [0, 0.1) is 0 Å². The average Bonchev–Trinajstić information content (AvgIpc) is 2.86. The lowest BCUT2D eigenvalue weighted by Gasteiger charge is -2.36. The lowest BCUT2D eigenvalue weighted by Crippen LogP contribution is -2.47. The van der Waals surface area contributed by atoms with Crippen molar-refractivity contribution in [3.8, 4) is 0 Å². The maximum atomic E-state index is 12.5. The van der Waals surface area contributed by atoms with E-state index in [-0.39, 0.29) is 18.5 Å². The van der Waals surface area contributed by atoms with Crippen LogP contribution < -0.4 is 0 Å². The van der Waals surface area contributed by atoms with Crippen LogP contribution in [0.5, 0.6) is 0 Å². The highest BCUT2D eigenvalue weighted by Crippen LogP contribution is 2.31. The third-order valence-electron chi connectivity index (χ3n) is 4.82. The molecule has 6 heteroatoms. The largest absolute Gasteiger partial charge is 0.480 e. The number of hydrogen-bond donors (Lipinski definition) is 1. The van der Waals surface area contributed by atoms with Gasteiger partial charge in [0.15, 0.2) is 0 Å². The molecule has 2 aliphatic heterocycles. The van der Waals surface area contributed by atoms with Crippen LogP contribution in [0.25, 0.3) is 0 Å². The van der Waals surface area contributed by atoms with Gasteiger partial charge in [0.1, 0.15) is 6.04 Å². The number of imide groups is 1. The molecule has 1 N–H and O–H groups in total. The Labute approximate surface area is 144 Å². The van der Waals surface area contributed by atoms with Gasteiger partial charge in [0.2, 0.25) is 0 Å². The number of carbonyl (C=O) groups excluding carboxylic acids is 2. The number of benzene rings is 2. The van der Waals surface area contributed by atoms with Gasteiger partial charge in [-0.2, -0.15) is 0 Å². The first-order valence-electron chi connectivity index (χ1n) is 8.08. The topological polar surface area (TPSA) is 77.9 Å². The number of aliphatic carboxylic acids is 1. The van der Waals surface area contributed by atoms with Crippen molar-refractivity contribution in [2.75, 3.05) is 13.2 Å². The fourth-order valence-corrected chi connectivity index (χ4v) is 3.61. The first kappa shape index (κ1) is 15.5. The van der Waals surface area contributed by atoms with Gasteiger partial charge in [0, 0.05) is 6.54 Å². The molecule has 2 aromatic rings. The Morgan fingerprint density at radius 3 is 2.24 bits per heavy atom. The average molecular weight is 336 g/mol. The smallest absolute Gasteiger partial charge is 0.325 e. The molecule has 0 saturated heterocycles. The number of carboxylic acid groups (broad SMARTS) is 1. The molecule has 4 rings (SSSR count). The maximum absolute atomic E-state index is 12.5. The van der Waals surface area contributed by atoms with Gasteiger partial charge in [-0.05, 0) is 29.7 Å². The number of nitrogens with zero attached hydrogens (tertiary/aromatic N) is 2. The van der Waals surface area contributed by atoms with Crippen LogP contribution in [0.2, 0.25) is 0 Å². The van der Waals surface area contributed by atoms with Crippen LogP contribution in [0.3, 0.4) is 0 Å². The Kier molecular flexibility index (Phi) is 3.62. The molecule has 0 bridgehead atoms. The Bertz CT molecular complexity index is 857. The zero-order valence-corrected chi connectivity index (χ0v) is 13.4. The Morgan fingerprint density at radius 2 is 1.60 bits per heavy atom. The third kappa shape index (κ3) is 2.42. The summed E-state index contributed by atoms with van der Waals surface area (Å²) < 4.78 is 0. The molecule has 0 aliphatic carbocycles. The fraction of sp³-hybridized carbons (Fsp3) is 0.211. The number of hydrogen-bond acceptors (Lipinski definition) is 4. The Hall–Kier alpha value is -2.99. The van der Waals surface area contributed by atoms with Crippen LogP contribution in [-0.4, -0.2) is 45.9 Å². The molecule has 1 unspecified atom stereocenters. The molecule has 0 aromatic heterocycles. The monoisotopic (exact) mass is 336 g/mol. The quantitative estimate of drug-likeness (QED) is 0.867. The van der Waals surface area contributed by atoms with Crippen molar-refractivity contribution in [1.29, 1.82) is 0 Å². The van der Waals surface area contributed by atoms with Gasteiger partial charge in [0.25, 0.3) is 11.8 Å². The number of fused-ring (bicyclic) bond motifs is 2. The summed E-state index contributed by atoms with van der Waals surface area (Å²) in [5.41, 5.74) is 2.46. The minimum atomic E-state index is -0.983. The summed E-state index contributed by atoms with van der Waals surface area (Å²) in [6.45, 7) is 0.443. The molecular formula is C19H16N2O4. The number of carbonyl (C=O) groups is 3. The van der Waals surface area contributed by atoms with Gasteiger partial charge in [-0.25, -0.2) is 0 Å². The molecule has 2 amide bonds. The van der Waals surface area contributed by atoms with Crippen LogP contribution in [0.15, 0.2) is 48.5 Å². The van der Waals surface area contributed by atoms with Crippen molar-refractivity contribution in [2.24, 2.45) is 0 Å². The second-order valence-corrected chi connectivity index (χ2v) is 6.23. The molecule has 0 saturated carbocycles. The molecular weight excluding hydrogens is 320 g/mol. The highest BCUT2D eigenvalue weighted by Gasteiger charge is 2.40. The highest BCUT2D eigenvalue weighted by molar-refractivity contribution is 6.21. The van der Waals surface area contributed by atoms with E-state index in [1.807, 2.05) is 12.1 Å². The van der Waals surface area contributed by atoms with Crippen molar-refractivity contribution in [2.45, 2.75) is 12.5 Å². The highest BCUT2D eigenvalue weighted by atomic mass is 16.4. The summed E-state index contributed by atoms with van der Waals surface area (Å²) >= 11 is 0. The van der Waals surface area contributed by atoms with E-state index in [4.69, 9.17) is 0 Å². The van der Waals surface area contributed by atoms with Crippen molar-refractivity contribution in [3.05, 3.63) is 70.8 Å². The van der Waals surface area contributed by atoms with Crippen molar-refractivity contribution in [1.82, 2.24) is 9.80 Å². The van der Waals surface area contributed by atoms with Gasteiger partial charge >= 0.3 is 5.97 Å². The van der Waals surface area contributed by atoms with Gasteiger partial charge in [-0.1, -0.05) is 36.4 Å². The SMILES string of the molecule is O=C(O)C1c2ccccc2CCN1CN1C(=O)c2ccccc2C1=O. The van der Waals surface area contributed by atoms with Crippen molar-refractivity contribution < 1.29 is 19.5 Å². The first-order chi connectivity index (χ1) is 12.1. The fourth-order valence-electron chi connectivity index (χ4n) is 3.61. The van der Waals surface area contributed by atoms with E-state index in [0.29, 0.717) is 24.1 Å². The van der Waals surface area contributed by atoms with Gasteiger partial charge in [-0.3, -0.25) is 24.2 Å². The zero-order valence-electron chi connectivity index (χ0n) is 13.4. The second kappa shape index (κ2) is 5.82. The van der Waals surface area contributed by atoms with Crippen LogP contribution in [-0.2, 0) is 11.2 Å². The maximum Gasteiger partial charge on any atom is 0.325 e. The number of carboxylic acids is 1. The van der Waals surface area contributed by atoms with E-state index in [1.54, 1.807) is 41.3 Å². The Balaban J connectivity index is 1.64. The van der Waals surface area contributed by atoms with Crippen molar-refractivity contribution >= 4 is 17.8 Å². The van der Waals surface area contributed by atoms with E-state index in [2.05, 4.69) is 0 Å².